The van der Waals surface area contributed by atoms with E-state index in [9.17, 15) is 5.26 Å². The Kier molecular flexibility index (Phi) is 10.2. The molecule has 0 amide bonds. The van der Waals surface area contributed by atoms with Gasteiger partial charge in [-0.3, -0.25) is 0 Å². The van der Waals surface area contributed by atoms with Gasteiger partial charge in [0.15, 0.2) is 17.5 Å². The van der Waals surface area contributed by atoms with Gasteiger partial charge >= 0.3 is 0 Å². The predicted octanol–water partition coefficient (Wildman–Crippen LogP) is 16.5. The molecule has 4 nitrogen and oxygen atoms in total. The van der Waals surface area contributed by atoms with Crippen LogP contribution in [0.1, 0.15) is 5.56 Å². The van der Waals surface area contributed by atoms with Crippen LogP contribution < -0.4 is 0 Å². The molecule has 0 bridgehead atoms. The summed E-state index contributed by atoms with van der Waals surface area (Å²) in [6.45, 7) is 0. The summed E-state index contributed by atoms with van der Waals surface area (Å²) in [5.74, 6) is 1.76. The molecule has 68 heavy (non-hydrogen) atoms. The summed E-state index contributed by atoms with van der Waals surface area (Å²) in [7, 11) is 0. The number of rotatable bonds is 8. The summed E-state index contributed by atoms with van der Waals surface area (Å²) in [5.41, 5.74) is 13.7. The number of nitrogens with zero attached hydrogens (tertiary/aromatic N) is 4. The Balaban J connectivity index is 0.871. The van der Waals surface area contributed by atoms with Crippen LogP contribution in [0.2, 0.25) is 0 Å². The zero-order chi connectivity index (χ0) is 45.4. The lowest BCUT2D eigenvalue weighted by Crippen LogP contribution is -2.01. The lowest BCUT2D eigenvalue weighted by molar-refractivity contribution is 1.07. The van der Waals surface area contributed by atoms with E-state index >= 15 is 0 Å². The van der Waals surface area contributed by atoms with Crippen LogP contribution in [0.4, 0.5) is 0 Å². The summed E-state index contributed by atoms with van der Waals surface area (Å²) in [4.78, 5) is 15.3. The first-order valence-corrected chi connectivity index (χ1v) is 22.8. The lowest BCUT2D eigenvalue weighted by Gasteiger charge is -2.14. The summed E-state index contributed by atoms with van der Waals surface area (Å²) < 4.78 is 0. The third kappa shape index (κ3) is 7.45. The highest BCUT2D eigenvalue weighted by molar-refractivity contribution is 6.13. The Morgan fingerprint density at radius 2 is 0.721 bits per heavy atom. The maximum Gasteiger partial charge on any atom is 0.164 e. The second-order valence-corrected chi connectivity index (χ2v) is 17.0. The van der Waals surface area contributed by atoms with E-state index in [1.807, 2.05) is 66.7 Å². The third-order valence-electron chi connectivity index (χ3n) is 13.0. The zero-order valence-electron chi connectivity index (χ0n) is 36.9. The molecular formula is C64H40N4. The molecule has 0 spiro atoms. The fraction of sp³-hybridized carbons (Fsp3) is 0. The van der Waals surface area contributed by atoms with Crippen molar-refractivity contribution in [3.8, 4) is 95.9 Å². The van der Waals surface area contributed by atoms with E-state index in [4.69, 9.17) is 15.0 Å². The van der Waals surface area contributed by atoms with E-state index in [0.717, 1.165) is 61.2 Å². The normalized spacial score (nSPS) is 11.2. The molecule has 0 aliphatic heterocycles. The zero-order valence-corrected chi connectivity index (χ0v) is 36.9. The second kappa shape index (κ2) is 17.2. The largest absolute Gasteiger partial charge is 0.208 e. The van der Waals surface area contributed by atoms with E-state index in [0.29, 0.717) is 23.0 Å². The van der Waals surface area contributed by atoms with Gasteiger partial charge in [-0.25, -0.2) is 15.0 Å². The van der Waals surface area contributed by atoms with Crippen molar-refractivity contribution in [1.29, 1.82) is 5.26 Å². The molecule has 0 N–H and O–H groups in total. The maximum absolute atomic E-state index is 10.8. The minimum absolute atomic E-state index is 0.568. The van der Waals surface area contributed by atoms with Crippen LogP contribution in [0.15, 0.2) is 243 Å². The van der Waals surface area contributed by atoms with Gasteiger partial charge in [0.25, 0.3) is 0 Å². The van der Waals surface area contributed by atoms with E-state index in [1.165, 1.54) is 43.4 Å². The molecule has 12 aromatic rings. The highest BCUT2D eigenvalue weighted by Gasteiger charge is 2.18. The first-order valence-electron chi connectivity index (χ1n) is 22.8. The maximum atomic E-state index is 10.8. The summed E-state index contributed by atoms with van der Waals surface area (Å²) in [5, 5.41) is 18.1. The molecule has 0 radical (unpaired) electrons. The van der Waals surface area contributed by atoms with Crippen molar-refractivity contribution >= 4 is 32.3 Å². The molecule has 0 saturated carbocycles. The number of hydrogen-bond donors (Lipinski definition) is 0. The van der Waals surface area contributed by atoms with Gasteiger partial charge in [-0.2, -0.15) is 5.26 Å². The van der Waals surface area contributed by atoms with Crippen molar-refractivity contribution in [3.05, 3.63) is 248 Å². The Bertz CT molecular complexity index is 3910. The molecule has 12 rings (SSSR count). The molecular weight excluding hydrogens is 825 g/mol. The van der Waals surface area contributed by atoms with Crippen molar-refractivity contribution < 1.29 is 0 Å². The van der Waals surface area contributed by atoms with Crippen LogP contribution in [-0.4, -0.2) is 15.0 Å². The summed E-state index contributed by atoms with van der Waals surface area (Å²) in [6, 6.07) is 87.0. The molecule has 1 aromatic heterocycles. The first kappa shape index (κ1) is 40.2. The quantitative estimate of drug-likeness (QED) is 0.143. The fourth-order valence-corrected chi connectivity index (χ4v) is 9.58. The molecule has 316 valence electrons. The fourth-order valence-electron chi connectivity index (χ4n) is 9.58. The van der Waals surface area contributed by atoms with Gasteiger partial charge in [-0.1, -0.05) is 224 Å². The van der Waals surface area contributed by atoms with Crippen LogP contribution in [0.3, 0.4) is 0 Å². The average molecular weight is 865 g/mol. The summed E-state index contributed by atoms with van der Waals surface area (Å²) >= 11 is 0. The number of hydrogen-bond acceptors (Lipinski definition) is 4. The van der Waals surface area contributed by atoms with Crippen molar-refractivity contribution in [2.45, 2.75) is 0 Å². The van der Waals surface area contributed by atoms with Gasteiger partial charge in [-0.15, -0.1) is 0 Å². The topological polar surface area (TPSA) is 62.5 Å². The molecule has 4 heteroatoms. The van der Waals surface area contributed by atoms with Crippen molar-refractivity contribution in [2.24, 2.45) is 0 Å². The molecule has 11 aromatic carbocycles. The second-order valence-electron chi connectivity index (χ2n) is 17.0. The lowest BCUT2D eigenvalue weighted by atomic mass is 9.90. The van der Waals surface area contributed by atoms with Gasteiger partial charge in [0.2, 0.25) is 0 Å². The predicted molar refractivity (Wildman–Crippen MR) is 281 cm³/mol. The minimum Gasteiger partial charge on any atom is -0.208 e. The van der Waals surface area contributed by atoms with Crippen LogP contribution in [0, 0.1) is 11.3 Å². The number of benzene rings is 11. The van der Waals surface area contributed by atoms with Gasteiger partial charge in [0.1, 0.15) is 6.07 Å². The number of nitriles is 1. The molecule has 0 aliphatic rings. The Labute approximate surface area is 394 Å². The van der Waals surface area contributed by atoms with E-state index < -0.39 is 0 Å². The molecule has 1 heterocycles. The minimum atomic E-state index is 0.568. The standard InChI is InChI=1S/C64H40N4/c65-41-61-53(26-13-27-56(61)50-20-12-19-49(38-50)43-28-31-45(32-29-43)60-40-51-18-6-7-21-54(51)57-23-9-10-24-58(57)60)44-33-35-47(36-34-44)63-66-62(46-15-2-1-3-16-46)67-64(68-63)59-25-11-8-22-55(59)52-37-30-42-14-4-5-17-48(42)39-52/h1-40H. The van der Waals surface area contributed by atoms with E-state index in [-0.39, 0.29) is 0 Å². The smallest absolute Gasteiger partial charge is 0.164 e. The van der Waals surface area contributed by atoms with Gasteiger partial charge < -0.3 is 0 Å². The SMILES string of the molecule is N#Cc1c(-c2ccc(-c3nc(-c4ccccc4)nc(-c4ccccc4-c4ccc5ccccc5c4)n3)cc2)cccc1-c1cccc(-c2ccc(-c3cc4ccccc4c4ccccc34)cc2)c1. The van der Waals surface area contributed by atoms with E-state index in [2.05, 4.69) is 182 Å². The van der Waals surface area contributed by atoms with Crippen LogP contribution in [0.5, 0.6) is 0 Å². The highest BCUT2D eigenvalue weighted by Crippen LogP contribution is 2.39. The number of fused-ring (bicyclic) bond motifs is 4. The number of aromatic nitrogens is 3. The first-order chi connectivity index (χ1) is 33.6. The monoisotopic (exact) mass is 864 g/mol. The van der Waals surface area contributed by atoms with Crippen molar-refractivity contribution in [2.75, 3.05) is 0 Å². The molecule has 0 aliphatic carbocycles. The van der Waals surface area contributed by atoms with Crippen LogP contribution >= 0.6 is 0 Å². The van der Waals surface area contributed by atoms with Crippen LogP contribution in [0.25, 0.3) is 122 Å². The van der Waals surface area contributed by atoms with E-state index in [1.54, 1.807) is 0 Å². The van der Waals surface area contributed by atoms with Gasteiger partial charge in [0, 0.05) is 27.8 Å². The Hall–Kier alpha value is -9.30. The molecule has 0 unspecified atom stereocenters. The molecule has 0 saturated heterocycles. The highest BCUT2D eigenvalue weighted by atomic mass is 15.0. The van der Waals surface area contributed by atoms with Gasteiger partial charge in [0.05, 0.1) is 5.56 Å². The van der Waals surface area contributed by atoms with Crippen molar-refractivity contribution in [1.82, 2.24) is 15.0 Å². The third-order valence-corrected chi connectivity index (χ3v) is 13.0. The van der Waals surface area contributed by atoms with Gasteiger partial charge in [-0.05, 0) is 95.0 Å². The summed E-state index contributed by atoms with van der Waals surface area (Å²) in [6.07, 6.45) is 0. The molecule has 0 fully saturated rings. The Morgan fingerprint density at radius 1 is 0.250 bits per heavy atom. The van der Waals surface area contributed by atoms with Crippen molar-refractivity contribution in [3.63, 3.8) is 0 Å². The average Bonchev–Trinajstić information content (AvgIpc) is 3.42. The Morgan fingerprint density at radius 3 is 1.47 bits per heavy atom. The molecule has 0 atom stereocenters. The van der Waals surface area contributed by atoms with Crippen LogP contribution in [-0.2, 0) is 0 Å².